The van der Waals surface area contributed by atoms with Gasteiger partial charge in [-0.25, -0.2) is 0 Å². The molecule has 4 nitrogen and oxygen atoms in total. The number of hydrogen-bond donors (Lipinski definition) is 2. The van der Waals surface area contributed by atoms with Crippen LogP contribution >= 0.6 is 0 Å². The standard InChI is InChI=1S/C12H19NO3/c1-8-6-10(15-2)12(9(13)4-5-14)11(7-8)16-3/h6-7,9,14H,4-5,13H2,1-3H3/t9-/m0/s1. The highest BCUT2D eigenvalue weighted by atomic mass is 16.5. The van der Waals surface area contributed by atoms with Gasteiger partial charge in [0.05, 0.1) is 19.8 Å². The SMILES string of the molecule is COc1cc(C)cc(OC)c1[C@@H](N)CCO. The molecule has 1 rings (SSSR count). The first-order valence-electron chi connectivity index (χ1n) is 5.23. The zero-order valence-electron chi connectivity index (χ0n) is 9.99. The molecule has 0 aliphatic rings. The van der Waals surface area contributed by atoms with Crippen LogP contribution in [0.4, 0.5) is 0 Å². The number of ether oxygens (including phenoxy) is 2. The number of aliphatic hydroxyl groups is 1. The smallest absolute Gasteiger partial charge is 0.127 e. The molecule has 0 fully saturated rings. The molecule has 0 aromatic heterocycles. The summed E-state index contributed by atoms with van der Waals surface area (Å²) in [6.45, 7) is 2.01. The summed E-state index contributed by atoms with van der Waals surface area (Å²) in [5, 5.41) is 8.92. The fourth-order valence-corrected chi connectivity index (χ4v) is 1.72. The van der Waals surface area contributed by atoms with E-state index in [9.17, 15) is 0 Å². The van der Waals surface area contributed by atoms with Crippen molar-refractivity contribution in [1.29, 1.82) is 0 Å². The van der Waals surface area contributed by atoms with E-state index >= 15 is 0 Å². The Labute approximate surface area is 96.0 Å². The number of aliphatic hydroxyl groups excluding tert-OH is 1. The summed E-state index contributed by atoms with van der Waals surface area (Å²) in [4.78, 5) is 0. The van der Waals surface area contributed by atoms with E-state index in [1.54, 1.807) is 14.2 Å². The van der Waals surface area contributed by atoms with Crippen LogP contribution in [0.1, 0.15) is 23.6 Å². The number of benzene rings is 1. The second kappa shape index (κ2) is 5.72. The molecule has 4 heteroatoms. The van der Waals surface area contributed by atoms with E-state index in [4.69, 9.17) is 20.3 Å². The third-order valence-corrected chi connectivity index (χ3v) is 2.50. The van der Waals surface area contributed by atoms with Crippen molar-refractivity contribution < 1.29 is 14.6 Å². The highest BCUT2D eigenvalue weighted by Crippen LogP contribution is 2.35. The summed E-state index contributed by atoms with van der Waals surface area (Å²) < 4.78 is 10.6. The van der Waals surface area contributed by atoms with Crippen LogP contribution in [0.2, 0.25) is 0 Å². The molecule has 0 saturated carbocycles. The monoisotopic (exact) mass is 225 g/mol. The van der Waals surface area contributed by atoms with Gasteiger partial charge in [0, 0.05) is 12.6 Å². The van der Waals surface area contributed by atoms with Crippen molar-refractivity contribution in [1.82, 2.24) is 0 Å². The molecular formula is C12H19NO3. The van der Waals surface area contributed by atoms with Gasteiger partial charge < -0.3 is 20.3 Å². The summed E-state index contributed by atoms with van der Waals surface area (Å²) in [5.74, 6) is 1.41. The molecule has 1 aromatic carbocycles. The van der Waals surface area contributed by atoms with Crippen LogP contribution in [-0.4, -0.2) is 25.9 Å². The molecule has 3 N–H and O–H groups in total. The van der Waals surface area contributed by atoms with Gasteiger partial charge in [0.15, 0.2) is 0 Å². The van der Waals surface area contributed by atoms with Gasteiger partial charge in [-0.2, -0.15) is 0 Å². The zero-order chi connectivity index (χ0) is 12.1. The second-order valence-corrected chi connectivity index (χ2v) is 3.70. The number of methoxy groups -OCH3 is 2. The first kappa shape index (κ1) is 12.8. The summed E-state index contributed by atoms with van der Waals surface area (Å²) in [5.41, 5.74) is 7.85. The Hall–Kier alpha value is -1.26. The van der Waals surface area contributed by atoms with Crippen LogP contribution in [0.25, 0.3) is 0 Å². The van der Waals surface area contributed by atoms with Gasteiger partial charge in [-0.15, -0.1) is 0 Å². The Morgan fingerprint density at radius 3 is 2.12 bits per heavy atom. The van der Waals surface area contributed by atoms with Gasteiger partial charge in [-0.3, -0.25) is 0 Å². The molecule has 0 spiro atoms. The summed E-state index contributed by atoms with van der Waals surface area (Å²) in [6.07, 6.45) is 0.482. The van der Waals surface area contributed by atoms with E-state index in [2.05, 4.69) is 0 Å². The molecule has 1 aromatic rings. The van der Waals surface area contributed by atoms with E-state index in [1.165, 1.54) is 0 Å². The van der Waals surface area contributed by atoms with Crippen LogP contribution in [0, 0.1) is 6.92 Å². The Balaban J connectivity index is 3.21. The van der Waals surface area contributed by atoms with Crippen LogP contribution < -0.4 is 15.2 Å². The number of nitrogens with two attached hydrogens (primary N) is 1. The average Bonchev–Trinajstić information content (AvgIpc) is 2.27. The normalized spacial score (nSPS) is 12.3. The highest BCUT2D eigenvalue weighted by molar-refractivity contribution is 5.49. The number of rotatable bonds is 5. The quantitative estimate of drug-likeness (QED) is 0.795. The van der Waals surface area contributed by atoms with E-state index in [-0.39, 0.29) is 12.6 Å². The zero-order valence-corrected chi connectivity index (χ0v) is 9.99. The Morgan fingerprint density at radius 1 is 1.25 bits per heavy atom. The number of hydrogen-bond acceptors (Lipinski definition) is 4. The van der Waals surface area contributed by atoms with Crippen LogP contribution in [0.5, 0.6) is 11.5 Å². The Morgan fingerprint density at radius 2 is 1.75 bits per heavy atom. The van der Waals surface area contributed by atoms with Crippen molar-refractivity contribution in [2.45, 2.75) is 19.4 Å². The summed E-state index contributed by atoms with van der Waals surface area (Å²) in [6, 6.07) is 3.54. The van der Waals surface area contributed by atoms with E-state index in [0.29, 0.717) is 17.9 Å². The first-order valence-corrected chi connectivity index (χ1v) is 5.23. The van der Waals surface area contributed by atoms with Crippen molar-refractivity contribution >= 4 is 0 Å². The minimum absolute atomic E-state index is 0.0430. The largest absolute Gasteiger partial charge is 0.496 e. The fraction of sp³-hybridized carbons (Fsp3) is 0.500. The van der Waals surface area contributed by atoms with Crippen molar-refractivity contribution in [3.8, 4) is 11.5 Å². The summed E-state index contributed by atoms with van der Waals surface area (Å²) in [7, 11) is 3.20. The third-order valence-electron chi connectivity index (χ3n) is 2.50. The lowest BCUT2D eigenvalue weighted by Crippen LogP contribution is -2.14. The van der Waals surface area contributed by atoms with Gasteiger partial charge in [0.25, 0.3) is 0 Å². The molecule has 0 radical (unpaired) electrons. The molecule has 0 aliphatic carbocycles. The van der Waals surface area contributed by atoms with Crippen LogP contribution in [-0.2, 0) is 0 Å². The van der Waals surface area contributed by atoms with Crippen LogP contribution in [0.3, 0.4) is 0 Å². The minimum Gasteiger partial charge on any atom is -0.496 e. The topological polar surface area (TPSA) is 64.7 Å². The van der Waals surface area contributed by atoms with E-state index in [1.807, 2.05) is 19.1 Å². The third kappa shape index (κ3) is 2.65. The molecule has 16 heavy (non-hydrogen) atoms. The highest BCUT2D eigenvalue weighted by Gasteiger charge is 2.17. The molecule has 0 heterocycles. The van der Waals surface area contributed by atoms with Crippen molar-refractivity contribution in [2.24, 2.45) is 5.73 Å². The second-order valence-electron chi connectivity index (χ2n) is 3.70. The van der Waals surface area contributed by atoms with Crippen molar-refractivity contribution in [3.05, 3.63) is 23.3 Å². The lowest BCUT2D eigenvalue weighted by Gasteiger charge is -2.19. The molecule has 90 valence electrons. The lowest BCUT2D eigenvalue weighted by atomic mass is 10.0. The molecular weight excluding hydrogens is 206 g/mol. The Kier molecular flexibility index (Phi) is 4.58. The lowest BCUT2D eigenvalue weighted by molar-refractivity contribution is 0.273. The van der Waals surface area contributed by atoms with Crippen molar-refractivity contribution in [3.63, 3.8) is 0 Å². The van der Waals surface area contributed by atoms with Gasteiger partial charge in [-0.1, -0.05) is 0 Å². The maximum atomic E-state index is 8.92. The number of aryl methyl sites for hydroxylation is 1. The minimum atomic E-state index is -0.282. The molecule has 0 aliphatic heterocycles. The summed E-state index contributed by atoms with van der Waals surface area (Å²) >= 11 is 0. The van der Waals surface area contributed by atoms with Crippen molar-refractivity contribution in [2.75, 3.05) is 20.8 Å². The van der Waals surface area contributed by atoms with Crippen LogP contribution in [0.15, 0.2) is 12.1 Å². The predicted octanol–water partition coefficient (Wildman–Crippen LogP) is 1.39. The van der Waals surface area contributed by atoms with Gasteiger partial charge in [-0.05, 0) is 31.0 Å². The fourth-order valence-electron chi connectivity index (χ4n) is 1.72. The van der Waals surface area contributed by atoms with Gasteiger partial charge in [0.1, 0.15) is 11.5 Å². The first-order chi connectivity index (χ1) is 7.63. The van der Waals surface area contributed by atoms with E-state index < -0.39 is 0 Å². The average molecular weight is 225 g/mol. The Bertz CT molecular complexity index is 327. The molecule has 0 amide bonds. The maximum absolute atomic E-state index is 8.92. The van der Waals surface area contributed by atoms with Gasteiger partial charge in [0.2, 0.25) is 0 Å². The molecule has 0 saturated heterocycles. The molecule has 0 bridgehead atoms. The van der Waals surface area contributed by atoms with Gasteiger partial charge >= 0.3 is 0 Å². The maximum Gasteiger partial charge on any atom is 0.127 e. The molecule has 1 atom stereocenters. The van der Waals surface area contributed by atoms with E-state index in [0.717, 1.165) is 11.1 Å². The molecule has 0 unspecified atom stereocenters. The predicted molar refractivity (Wildman–Crippen MR) is 62.9 cm³/mol.